The standard InChI is InChI=1S/C77H60BN3OS/c1-75(2,3)52-39-41-57(42-40-52)80-67-45-58(79(55-30-17-9-18-31-55)56-32-19-10-20-33-56)46-68-72(67)78(74-73(80)60-44-51(38-43-69(60)82-74)50-24-11-6-12-25-50)64-47-63-70(83-49-77(63,53-26-13-7-14-27-53)54-28-15-8-16-29-54)48-66(64)81(68)65-37-23-36-62-71(65)59-34-21-22-35-61(59)76(62,4)5/h6-48H,49H2,1-5H3. The molecule has 0 fully saturated rings. The Balaban J connectivity index is 1.07. The van der Waals surface area contributed by atoms with Gasteiger partial charge in [-0.2, -0.15) is 0 Å². The van der Waals surface area contributed by atoms with E-state index >= 15 is 0 Å². The lowest BCUT2D eigenvalue weighted by atomic mass is 9.35. The van der Waals surface area contributed by atoms with Crippen LogP contribution in [0.15, 0.2) is 270 Å². The molecule has 4 nitrogen and oxygen atoms in total. The van der Waals surface area contributed by atoms with Crippen LogP contribution in [-0.4, -0.2) is 12.5 Å². The van der Waals surface area contributed by atoms with E-state index in [0.717, 1.165) is 84.7 Å². The minimum Gasteiger partial charge on any atom is -0.468 e. The average Bonchev–Trinajstić information content (AvgIpc) is 2.34. The highest BCUT2D eigenvalue weighted by Gasteiger charge is 2.51. The average molecular weight is 1090 g/mol. The van der Waals surface area contributed by atoms with E-state index in [-0.39, 0.29) is 17.5 Å². The number of para-hydroxylation sites is 2. The first-order chi connectivity index (χ1) is 40.6. The number of thioether (sulfide) groups is 1. The van der Waals surface area contributed by atoms with Crippen molar-refractivity contribution in [3.8, 4) is 22.3 Å². The van der Waals surface area contributed by atoms with E-state index in [2.05, 4.69) is 310 Å². The van der Waals surface area contributed by atoms with Gasteiger partial charge < -0.3 is 19.1 Å². The number of fused-ring (bicyclic) bond motifs is 10. The molecule has 4 aliphatic rings. The van der Waals surface area contributed by atoms with E-state index < -0.39 is 5.41 Å². The van der Waals surface area contributed by atoms with Crippen LogP contribution in [0.3, 0.4) is 0 Å². The Morgan fingerprint density at radius 1 is 0.494 bits per heavy atom. The number of anilines is 9. The van der Waals surface area contributed by atoms with Crippen LogP contribution in [0.2, 0.25) is 0 Å². The maximum Gasteiger partial charge on any atom is 0.297 e. The van der Waals surface area contributed by atoms with Crippen LogP contribution >= 0.6 is 11.8 Å². The molecule has 0 saturated carbocycles. The monoisotopic (exact) mass is 1090 g/mol. The van der Waals surface area contributed by atoms with Gasteiger partial charge in [0.15, 0.2) is 0 Å². The third-order valence-corrected chi connectivity index (χ3v) is 19.6. The highest BCUT2D eigenvalue weighted by Crippen LogP contribution is 2.59. The van der Waals surface area contributed by atoms with Crippen molar-refractivity contribution in [2.24, 2.45) is 0 Å². The Morgan fingerprint density at radius 3 is 1.73 bits per heavy atom. The lowest BCUT2D eigenvalue weighted by molar-refractivity contribution is 0.590. The van der Waals surface area contributed by atoms with Gasteiger partial charge in [-0.05, 0) is 139 Å². The molecule has 3 aliphatic heterocycles. The predicted molar refractivity (Wildman–Crippen MR) is 350 cm³/mol. The zero-order valence-electron chi connectivity index (χ0n) is 47.3. The maximum absolute atomic E-state index is 7.69. The molecule has 4 heterocycles. The van der Waals surface area contributed by atoms with Gasteiger partial charge >= 0.3 is 0 Å². The number of hydrogen-bond acceptors (Lipinski definition) is 5. The molecule has 0 saturated heterocycles. The molecule has 6 heteroatoms. The number of nitrogens with zero attached hydrogens (tertiary/aromatic N) is 3. The molecule has 398 valence electrons. The van der Waals surface area contributed by atoms with E-state index in [1.54, 1.807) is 0 Å². The van der Waals surface area contributed by atoms with Crippen LogP contribution in [0.5, 0.6) is 0 Å². The molecule has 0 N–H and O–H groups in total. The smallest absolute Gasteiger partial charge is 0.297 e. The summed E-state index contributed by atoms with van der Waals surface area (Å²) >= 11 is 1.98. The molecule has 0 amide bonds. The molecule has 16 rings (SSSR count). The summed E-state index contributed by atoms with van der Waals surface area (Å²) < 4.78 is 7.69. The second-order valence-corrected chi connectivity index (χ2v) is 25.4. The van der Waals surface area contributed by atoms with Gasteiger partial charge in [0.1, 0.15) is 5.58 Å². The van der Waals surface area contributed by atoms with Gasteiger partial charge in [0.25, 0.3) is 6.71 Å². The van der Waals surface area contributed by atoms with Gasteiger partial charge in [-0.1, -0.05) is 223 Å². The Labute approximate surface area is 491 Å². The first kappa shape index (κ1) is 49.6. The summed E-state index contributed by atoms with van der Waals surface area (Å²) in [7, 11) is 0. The van der Waals surface area contributed by atoms with Crippen molar-refractivity contribution < 1.29 is 4.42 Å². The van der Waals surface area contributed by atoms with Crippen molar-refractivity contribution in [2.45, 2.75) is 55.8 Å². The Morgan fingerprint density at radius 2 is 1.08 bits per heavy atom. The lowest BCUT2D eigenvalue weighted by Crippen LogP contribution is -2.61. The first-order valence-corrected chi connectivity index (χ1v) is 30.1. The predicted octanol–water partition coefficient (Wildman–Crippen LogP) is 18.7. The number of benzene rings is 11. The molecule has 0 atom stereocenters. The Bertz CT molecular complexity index is 4440. The summed E-state index contributed by atoms with van der Waals surface area (Å²) in [5.41, 5.74) is 26.2. The fourth-order valence-electron chi connectivity index (χ4n) is 14.4. The second-order valence-electron chi connectivity index (χ2n) is 24.4. The molecular formula is C77H60BN3OS. The van der Waals surface area contributed by atoms with Gasteiger partial charge in [0.2, 0.25) is 0 Å². The van der Waals surface area contributed by atoms with Crippen molar-refractivity contribution in [3.05, 3.63) is 294 Å². The molecule has 1 aliphatic carbocycles. The van der Waals surface area contributed by atoms with Crippen LogP contribution in [0.1, 0.15) is 68.0 Å². The van der Waals surface area contributed by atoms with Gasteiger partial charge in [0, 0.05) is 61.1 Å². The largest absolute Gasteiger partial charge is 0.468 e. The SMILES string of the molecule is CC(C)(C)c1ccc(N2c3cc(N(c4ccccc4)c4ccccc4)cc4c3B(c3cc5c(cc3N4c3cccc4c3-c3ccccc3C4(C)C)SCC5(c3ccccc3)c3ccccc3)c3oc4ccc(-c5ccccc5)cc4c32)cc1. The second kappa shape index (κ2) is 18.7. The molecule has 11 aromatic carbocycles. The molecule has 1 aromatic heterocycles. The number of furan rings is 1. The van der Waals surface area contributed by atoms with Crippen LogP contribution < -0.4 is 31.3 Å². The summed E-state index contributed by atoms with van der Waals surface area (Å²) in [4.78, 5) is 8.94. The van der Waals surface area contributed by atoms with E-state index in [1.165, 1.54) is 60.3 Å². The zero-order chi connectivity index (χ0) is 55.8. The van der Waals surface area contributed by atoms with Crippen LogP contribution in [0.4, 0.5) is 51.2 Å². The first-order valence-electron chi connectivity index (χ1n) is 29.1. The molecule has 0 spiro atoms. The van der Waals surface area contributed by atoms with E-state index in [0.29, 0.717) is 0 Å². The number of rotatable bonds is 8. The van der Waals surface area contributed by atoms with Gasteiger partial charge in [0.05, 0.1) is 28.1 Å². The van der Waals surface area contributed by atoms with Crippen LogP contribution in [-0.2, 0) is 16.2 Å². The minimum absolute atomic E-state index is 0.0465. The van der Waals surface area contributed by atoms with E-state index in [9.17, 15) is 0 Å². The lowest BCUT2D eigenvalue weighted by Gasteiger charge is -2.44. The minimum atomic E-state index is -0.422. The summed E-state index contributed by atoms with van der Waals surface area (Å²) in [6.45, 7) is 11.4. The maximum atomic E-state index is 7.69. The summed E-state index contributed by atoms with van der Waals surface area (Å²) in [5.74, 6) is 0.869. The fourth-order valence-corrected chi connectivity index (χ4v) is 15.8. The molecule has 0 radical (unpaired) electrons. The summed E-state index contributed by atoms with van der Waals surface area (Å²) in [6.07, 6.45) is 0. The highest BCUT2D eigenvalue weighted by molar-refractivity contribution is 7.99. The quantitative estimate of drug-likeness (QED) is 0.141. The van der Waals surface area contributed by atoms with Gasteiger partial charge in [-0.15, -0.1) is 11.8 Å². The summed E-state index contributed by atoms with van der Waals surface area (Å²) in [5, 5.41) is 1.07. The van der Waals surface area contributed by atoms with E-state index in [4.69, 9.17) is 4.42 Å². The third kappa shape index (κ3) is 7.48. The highest BCUT2D eigenvalue weighted by atomic mass is 32.2. The number of hydrogen-bond donors (Lipinski definition) is 0. The topological polar surface area (TPSA) is 22.9 Å². The summed E-state index contributed by atoms with van der Waals surface area (Å²) in [6, 6.07) is 97.5. The van der Waals surface area contributed by atoms with E-state index in [1.807, 2.05) is 11.8 Å². The Kier molecular flexibility index (Phi) is 11.1. The van der Waals surface area contributed by atoms with Crippen molar-refractivity contribution >= 4 is 97.2 Å². The van der Waals surface area contributed by atoms with Crippen molar-refractivity contribution in [2.75, 3.05) is 20.5 Å². The van der Waals surface area contributed by atoms with Crippen molar-refractivity contribution in [1.29, 1.82) is 0 Å². The molecule has 12 aromatic rings. The molecule has 0 unspecified atom stereocenters. The van der Waals surface area contributed by atoms with Gasteiger partial charge in [-0.3, -0.25) is 0 Å². The van der Waals surface area contributed by atoms with Gasteiger partial charge in [-0.25, -0.2) is 0 Å². The van der Waals surface area contributed by atoms with Crippen LogP contribution in [0, 0.1) is 0 Å². The van der Waals surface area contributed by atoms with Crippen molar-refractivity contribution in [3.63, 3.8) is 0 Å². The van der Waals surface area contributed by atoms with Crippen molar-refractivity contribution in [1.82, 2.24) is 0 Å². The molecule has 0 bridgehead atoms. The molecular weight excluding hydrogens is 1030 g/mol. The third-order valence-electron chi connectivity index (χ3n) is 18.4. The Hall–Kier alpha value is -9.23. The normalized spacial score (nSPS) is 14.8. The zero-order valence-corrected chi connectivity index (χ0v) is 48.1. The molecule has 83 heavy (non-hydrogen) atoms. The fraction of sp³-hybridized carbons (Fsp3) is 0.117. The van der Waals surface area contributed by atoms with Crippen LogP contribution in [0.25, 0.3) is 33.2 Å².